The molecule has 1 heterocycles. The van der Waals surface area contributed by atoms with E-state index in [9.17, 15) is 4.79 Å². The lowest BCUT2D eigenvalue weighted by atomic mass is 9.85. The summed E-state index contributed by atoms with van der Waals surface area (Å²) in [4.78, 5) is 11.4. The predicted molar refractivity (Wildman–Crippen MR) is 58.1 cm³/mol. The van der Waals surface area contributed by atoms with Crippen molar-refractivity contribution in [2.24, 2.45) is 5.92 Å². The Morgan fingerprint density at radius 1 is 1.56 bits per heavy atom. The van der Waals surface area contributed by atoms with E-state index < -0.39 is 5.97 Å². The van der Waals surface area contributed by atoms with Gasteiger partial charge in [-0.1, -0.05) is 18.6 Å². The highest BCUT2D eigenvalue weighted by Gasteiger charge is 2.23. The van der Waals surface area contributed by atoms with Crippen molar-refractivity contribution in [1.82, 2.24) is 15.0 Å². The molecule has 2 rings (SSSR count). The van der Waals surface area contributed by atoms with Crippen LogP contribution < -0.4 is 0 Å². The molecule has 0 N–H and O–H groups in total. The molecule has 0 saturated heterocycles. The Hall–Kier alpha value is -1.39. The molecule has 0 aromatic carbocycles. The van der Waals surface area contributed by atoms with Crippen LogP contribution in [0, 0.1) is 5.92 Å². The summed E-state index contributed by atoms with van der Waals surface area (Å²) in [6.07, 6.45) is 4.59. The molecule has 1 aromatic heterocycles. The number of carbonyl (C=O) groups is 1. The minimum Gasteiger partial charge on any atom is -0.464 e. The summed E-state index contributed by atoms with van der Waals surface area (Å²) in [5.74, 6) is 0.314. The summed E-state index contributed by atoms with van der Waals surface area (Å²) in [7, 11) is 1.37. The highest BCUT2D eigenvalue weighted by atomic mass is 16.5. The van der Waals surface area contributed by atoms with Crippen LogP contribution in [0.4, 0.5) is 0 Å². The molecule has 0 unspecified atom stereocenters. The molecule has 16 heavy (non-hydrogen) atoms. The van der Waals surface area contributed by atoms with E-state index in [4.69, 9.17) is 0 Å². The van der Waals surface area contributed by atoms with Gasteiger partial charge in [-0.3, -0.25) is 0 Å². The van der Waals surface area contributed by atoms with E-state index in [1.54, 1.807) is 0 Å². The standard InChI is InChI=1S/C11H17N3O2/c1-3-9-10(11(15)16-2)12-13-14(9)7-8-5-4-6-8/h8H,3-7H2,1-2H3. The van der Waals surface area contributed by atoms with Crippen LogP contribution in [0.2, 0.25) is 0 Å². The molecule has 0 amide bonds. The Balaban J connectivity index is 2.17. The maximum Gasteiger partial charge on any atom is 0.360 e. The van der Waals surface area contributed by atoms with Gasteiger partial charge in [0.15, 0.2) is 5.69 Å². The van der Waals surface area contributed by atoms with E-state index >= 15 is 0 Å². The van der Waals surface area contributed by atoms with Gasteiger partial charge in [0.05, 0.1) is 12.8 Å². The quantitative estimate of drug-likeness (QED) is 0.724. The predicted octanol–water partition coefficient (Wildman–Crippen LogP) is 1.43. The number of hydrogen-bond donors (Lipinski definition) is 0. The molecule has 0 spiro atoms. The van der Waals surface area contributed by atoms with Crippen molar-refractivity contribution in [3.63, 3.8) is 0 Å². The van der Waals surface area contributed by atoms with Crippen LogP contribution in [0.1, 0.15) is 42.4 Å². The summed E-state index contributed by atoms with van der Waals surface area (Å²) in [5, 5.41) is 7.95. The highest BCUT2D eigenvalue weighted by Crippen LogP contribution is 2.28. The fourth-order valence-corrected chi connectivity index (χ4v) is 2.00. The van der Waals surface area contributed by atoms with Crippen LogP contribution in [0.3, 0.4) is 0 Å². The zero-order valence-corrected chi connectivity index (χ0v) is 9.77. The molecule has 1 aromatic rings. The lowest BCUT2D eigenvalue weighted by molar-refractivity contribution is 0.0592. The van der Waals surface area contributed by atoms with E-state index in [1.165, 1.54) is 26.4 Å². The third-order valence-corrected chi connectivity index (χ3v) is 3.21. The van der Waals surface area contributed by atoms with Crippen molar-refractivity contribution in [2.75, 3.05) is 7.11 Å². The number of aromatic nitrogens is 3. The van der Waals surface area contributed by atoms with Crippen LogP contribution in [0.15, 0.2) is 0 Å². The average molecular weight is 223 g/mol. The number of methoxy groups -OCH3 is 1. The van der Waals surface area contributed by atoms with Crippen LogP contribution in [-0.2, 0) is 17.7 Å². The van der Waals surface area contributed by atoms with Crippen LogP contribution in [0.5, 0.6) is 0 Å². The number of hydrogen-bond acceptors (Lipinski definition) is 4. The number of esters is 1. The molecule has 0 radical (unpaired) electrons. The Bertz CT molecular complexity index is 383. The van der Waals surface area contributed by atoms with E-state index in [-0.39, 0.29) is 0 Å². The van der Waals surface area contributed by atoms with Crippen molar-refractivity contribution < 1.29 is 9.53 Å². The first-order chi connectivity index (χ1) is 7.76. The summed E-state index contributed by atoms with van der Waals surface area (Å²) in [6.45, 7) is 2.88. The molecule has 1 saturated carbocycles. The number of rotatable bonds is 4. The van der Waals surface area contributed by atoms with Crippen LogP contribution in [0.25, 0.3) is 0 Å². The summed E-state index contributed by atoms with van der Waals surface area (Å²) >= 11 is 0. The van der Waals surface area contributed by atoms with Crippen molar-refractivity contribution >= 4 is 5.97 Å². The van der Waals surface area contributed by atoms with Crippen molar-refractivity contribution in [2.45, 2.75) is 39.2 Å². The molecule has 0 bridgehead atoms. The van der Waals surface area contributed by atoms with E-state index in [0.717, 1.165) is 18.7 Å². The average Bonchev–Trinajstić information content (AvgIpc) is 2.65. The van der Waals surface area contributed by atoms with Gasteiger partial charge in [0, 0.05) is 6.54 Å². The first kappa shape index (κ1) is 11.1. The summed E-state index contributed by atoms with van der Waals surface area (Å²) in [5.41, 5.74) is 1.25. The Morgan fingerprint density at radius 2 is 2.31 bits per heavy atom. The largest absolute Gasteiger partial charge is 0.464 e. The smallest absolute Gasteiger partial charge is 0.360 e. The fourth-order valence-electron chi connectivity index (χ4n) is 2.00. The van der Waals surface area contributed by atoms with Gasteiger partial charge >= 0.3 is 5.97 Å². The Labute approximate surface area is 94.8 Å². The molecule has 5 heteroatoms. The van der Waals surface area contributed by atoms with Gasteiger partial charge in [0.1, 0.15) is 0 Å². The second kappa shape index (κ2) is 4.63. The van der Waals surface area contributed by atoms with Crippen molar-refractivity contribution in [3.8, 4) is 0 Å². The number of nitrogens with zero attached hydrogens (tertiary/aromatic N) is 3. The first-order valence-corrected chi connectivity index (χ1v) is 5.77. The summed E-state index contributed by atoms with van der Waals surface area (Å²) < 4.78 is 6.54. The van der Waals surface area contributed by atoms with Crippen molar-refractivity contribution in [3.05, 3.63) is 11.4 Å². The van der Waals surface area contributed by atoms with Gasteiger partial charge in [0.2, 0.25) is 0 Å². The van der Waals surface area contributed by atoms with Gasteiger partial charge < -0.3 is 4.74 Å². The minimum atomic E-state index is -0.392. The third-order valence-electron chi connectivity index (χ3n) is 3.21. The monoisotopic (exact) mass is 223 g/mol. The Morgan fingerprint density at radius 3 is 2.81 bits per heavy atom. The molecule has 5 nitrogen and oxygen atoms in total. The zero-order chi connectivity index (χ0) is 11.5. The molecule has 1 fully saturated rings. The van der Waals surface area contributed by atoms with Gasteiger partial charge in [-0.25, -0.2) is 9.48 Å². The maximum absolute atomic E-state index is 11.4. The molecule has 88 valence electrons. The molecular weight excluding hydrogens is 206 g/mol. The van der Waals surface area contributed by atoms with E-state index in [1.807, 2.05) is 11.6 Å². The molecule has 1 aliphatic carbocycles. The molecule has 0 aliphatic heterocycles. The number of carbonyl (C=O) groups excluding carboxylic acids is 1. The summed E-state index contributed by atoms with van der Waals surface area (Å²) in [6, 6.07) is 0. The second-order valence-electron chi connectivity index (χ2n) is 4.21. The van der Waals surface area contributed by atoms with Crippen LogP contribution >= 0.6 is 0 Å². The maximum atomic E-state index is 11.4. The van der Waals surface area contributed by atoms with E-state index in [0.29, 0.717) is 11.6 Å². The minimum absolute atomic E-state index is 0.365. The molecule has 1 aliphatic rings. The van der Waals surface area contributed by atoms with Gasteiger partial charge in [0.25, 0.3) is 0 Å². The Kier molecular flexibility index (Phi) is 3.22. The van der Waals surface area contributed by atoms with Crippen LogP contribution in [-0.4, -0.2) is 28.1 Å². The number of ether oxygens (including phenoxy) is 1. The van der Waals surface area contributed by atoms with Gasteiger partial charge in [-0.05, 0) is 25.2 Å². The first-order valence-electron chi connectivity index (χ1n) is 5.77. The molecular formula is C11H17N3O2. The normalized spacial score (nSPS) is 15.9. The second-order valence-corrected chi connectivity index (χ2v) is 4.21. The lowest BCUT2D eigenvalue weighted by Crippen LogP contribution is -2.20. The van der Waals surface area contributed by atoms with Gasteiger partial charge in [-0.15, -0.1) is 5.10 Å². The van der Waals surface area contributed by atoms with Crippen molar-refractivity contribution in [1.29, 1.82) is 0 Å². The molecule has 0 atom stereocenters. The highest BCUT2D eigenvalue weighted by molar-refractivity contribution is 5.88. The fraction of sp³-hybridized carbons (Fsp3) is 0.727. The van der Waals surface area contributed by atoms with Gasteiger partial charge in [-0.2, -0.15) is 0 Å². The zero-order valence-electron chi connectivity index (χ0n) is 9.77. The van der Waals surface area contributed by atoms with E-state index in [2.05, 4.69) is 15.0 Å². The SMILES string of the molecule is CCc1c(C(=O)OC)nnn1CC1CCC1. The topological polar surface area (TPSA) is 57.0 Å². The lowest BCUT2D eigenvalue weighted by Gasteiger charge is -2.25. The third kappa shape index (κ3) is 1.94.